The first-order chi connectivity index (χ1) is 23.1. The van der Waals surface area contributed by atoms with Crippen LogP contribution in [0.5, 0.6) is 0 Å². The maximum Gasteiger partial charge on any atom is 0.0886 e. The van der Waals surface area contributed by atoms with Gasteiger partial charge in [0.25, 0.3) is 0 Å². The van der Waals surface area contributed by atoms with Gasteiger partial charge in [-0.3, -0.25) is 19.9 Å². The Morgan fingerprint density at radius 2 is 0.600 bits per heavy atom. The minimum absolute atomic E-state index is 0. The maximum atomic E-state index is 7.50. The molecule has 0 saturated carbocycles. The molecule has 0 saturated heterocycles. The van der Waals surface area contributed by atoms with E-state index in [0.717, 1.165) is 22.8 Å². The molecule has 0 atom stereocenters. The van der Waals surface area contributed by atoms with Crippen LogP contribution < -0.4 is 0 Å². The van der Waals surface area contributed by atoms with Crippen LogP contribution in [-0.2, 0) is 90.2 Å². The fourth-order valence-electron chi connectivity index (χ4n) is 3.10. The molecular formula is C36H32Mo2N4O8. The van der Waals surface area contributed by atoms with Gasteiger partial charge in [-0.1, -0.05) is 53.7 Å². The molecule has 4 aromatic rings. The molecule has 256 valence electrons. The van der Waals surface area contributed by atoms with E-state index in [2.05, 4.69) is 139 Å². The Bertz CT molecular complexity index is 1360. The van der Waals surface area contributed by atoms with E-state index in [4.69, 9.17) is 37.2 Å². The summed E-state index contributed by atoms with van der Waals surface area (Å²) in [6.45, 7) is 49.3. The van der Waals surface area contributed by atoms with Crippen LogP contribution in [-0.4, -0.2) is 19.9 Å². The Balaban J connectivity index is -0.0000000846. The first-order valence-electron chi connectivity index (χ1n) is 12.5. The van der Waals surface area contributed by atoms with Crippen LogP contribution in [0.15, 0.2) is 85.5 Å². The average molecular weight is 841 g/mol. The summed E-state index contributed by atoms with van der Waals surface area (Å²) in [5, 5.41) is 0. The zero-order chi connectivity index (χ0) is 39.2. The standard InChI is InChI=1S/C18H24N2.C10H8N2.8CO.2Mo/c1-17(2,3)13-7-9-19-15(11-13)16-12-14(8-10-20-16)18(4,5)6;1-3-7-11-9(5-1)10-6-2-4-8-12-10;8*1-2;;/h7-12H,1-6H3;1-8H;;;;;;;;;;. The smallest absolute Gasteiger partial charge is 0.0886 e. The Morgan fingerprint density at radius 3 is 0.800 bits per heavy atom. The van der Waals surface area contributed by atoms with E-state index >= 15 is 0 Å². The van der Waals surface area contributed by atoms with E-state index in [1.54, 1.807) is 12.4 Å². The van der Waals surface area contributed by atoms with Gasteiger partial charge in [-0.05, 0) is 70.5 Å². The molecule has 0 amide bonds. The van der Waals surface area contributed by atoms with E-state index in [0.29, 0.717) is 0 Å². The molecule has 0 unspecified atom stereocenters. The fraction of sp³-hybridized carbons (Fsp3) is 0.222. The van der Waals surface area contributed by atoms with Crippen molar-refractivity contribution in [3.8, 4) is 22.8 Å². The third-order valence-electron chi connectivity index (χ3n) is 5.11. The average Bonchev–Trinajstić information content (AvgIpc) is 3.18. The molecule has 12 nitrogen and oxygen atoms in total. The van der Waals surface area contributed by atoms with Gasteiger partial charge in [0.15, 0.2) is 0 Å². The summed E-state index contributed by atoms with van der Waals surface area (Å²) in [6, 6.07) is 20.1. The molecule has 4 aromatic heterocycles. The number of rotatable bonds is 2. The van der Waals surface area contributed by atoms with E-state index in [1.165, 1.54) is 11.1 Å². The Labute approximate surface area is 322 Å². The summed E-state index contributed by atoms with van der Waals surface area (Å²) in [5.41, 5.74) is 6.54. The number of hydrogen-bond donors (Lipinski definition) is 0. The Morgan fingerprint density at radius 1 is 0.360 bits per heavy atom. The van der Waals surface area contributed by atoms with E-state index in [9.17, 15) is 0 Å². The molecule has 0 N–H and O–H groups in total. The van der Waals surface area contributed by atoms with Gasteiger partial charge in [0.2, 0.25) is 0 Å². The molecule has 50 heavy (non-hydrogen) atoms. The predicted molar refractivity (Wildman–Crippen MR) is 164 cm³/mol. The first-order valence-corrected chi connectivity index (χ1v) is 12.5. The SMILES string of the molecule is CC(C)(C)c1ccnc(-c2cc(C(C)(C)C)ccn2)c1.[C-]#[O+].[C-]#[O+].[C-]#[O+].[C-]#[O+].[C-]#[O+].[C-]#[O+].[C-]#[O+].[C-]#[O+].[Mo].[Mo].c1ccc(-c2ccccn2)nc1. The second-order valence-corrected chi connectivity index (χ2v) is 9.79. The Kier molecular flexibility index (Phi) is 57.8. The summed E-state index contributed by atoms with van der Waals surface area (Å²) in [4.78, 5) is 17.3. The summed E-state index contributed by atoms with van der Waals surface area (Å²) < 4.78 is 60.0. The van der Waals surface area contributed by atoms with Crippen LogP contribution in [0.1, 0.15) is 52.7 Å². The van der Waals surface area contributed by atoms with Crippen LogP contribution in [0.25, 0.3) is 22.8 Å². The third-order valence-corrected chi connectivity index (χ3v) is 5.11. The van der Waals surface area contributed by atoms with Gasteiger partial charge in [-0.15, -0.1) is 0 Å². The van der Waals surface area contributed by atoms with Crippen molar-refractivity contribution < 1.29 is 79.3 Å². The van der Waals surface area contributed by atoms with Gasteiger partial charge in [0.1, 0.15) is 0 Å². The minimum atomic E-state index is 0. The van der Waals surface area contributed by atoms with Crippen molar-refractivity contribution in [1.82, 2.24) is 19.9 Å². The quantitative estimate of drug-likeness (QED) is 0.124. The van der Waals surface area contributed by atoms with Gasteiger partial charge in [-0.2, -0.15) is 0 Å². The summed E-state index contributed by atoms with van der Waals surface area (Å²) in [6.07, 6.45) is 7.29. The predicted octanol–water partition coefficient (Wildman–Crippen LogP) is 6.58. The van der Waals surface area contributed by atoms with Crippen LogP contribution in [0.3, 0.4) is 0 Å². The monoisotopic (exact) mass is 844 g/mol. The van der Waals surface area contributed by atoms with Gasteiger partial charge >= 0.3 is 90.4 Å². The molecule has 4 rings (SSSR count). The van der Waals surface area contributed by atoms with Crippen molar-refractivity contribution in [2.45, 2.75) is 52.4 Å². The van der Waals surface area contributed by atoms with Crippen molar-refractivity contribution in [2.75, 3.05) is 0 Å². The molecule has 4 heterocycles. The zero-order valence-electron chi connectivity index (χ0n) is 28.0. The third kappa shape index (κ3) is 30.0. The summed E-state index contributed by atoms with van der Waals surface area (Å²) in [5.74, 6) is 0. The van der Waals surface area contributed by atoms with Crippen LogP contribution in [0.4, 0.5) is 0 Å². The Hall–Kier alpha value is -4.10. The summed E-state index contributed by atoms with van der Waals surface area (Å²) in [7, 11) is 0. The summed E-state index contributed by atoms with van der Waals surface area (Å²) >= 11 is 0. The maximum absolute atomic E-state index is 7.50. The van der Waals surface area contributed by atoms with Gasteiger partial charge < -0.3 is 0 Å². The van der Waals surface area contributed by atoms with Crippen molar-refractivity contribution in [2.24, 2.45) is 0 Å². The van der Waals surface area contributed by atoms with Crippen LogP contribution >= 0.6 is 0 Å². The van der Waals surface area contributed by atoms with E-state index in [-0.39, 0.29) is 53.0 Å². The van der Waals surface area contributed by atoms with Crippen molar-refractivity contribution >= 4 is 0 Å². The minimum Gasteiger partial charge on any atom is -0.255 e. The molecule has 0 fully saturated rings. The van der Waals surface area contributed by atoms with Crippen molar-refractivity contribution in [3.63, 3.8) is 0 Å². The first kappa shape index (κ1) is 64.4. The molecule has 0 aromatic carbocycles. The van der Waals surface area contributed by atoms with E-state index in [1.807, 2.05) is 48.8 Å². The number of aromatic nitrogens is 4. The number of hydrogen-bond acceptors (Lipinski definition) is 4. The fourth-order valence-corrected chi connectivity index (χ4v) is 3.10. The van der Waals surface area contributed by atoms with E-state index < -0.39 is 0 Å². The van der Waals surface area contributed by atoms with Crippen LogP contribution in [0, 0.1) is 53.2 Å². The normalized spacial score (nSPS) is 7.64. The van der Waals surface area contributed by atoms with Gasteiger partial charge in [0, 0.05) is 66.9 Å². The largest absolute Gasteiger partial charge is 0.255 e. The van der Waals surface area contributed by atoms with Crippen molar-refractivity contribution in [1.29, 1.82) is 0 Å². The topological polar surface area (TPSA) is 211 Å². The van der Waals surface area contributed by atoms with Gasteiger partial charge in [-0.25, -0.2) is 0 Å². The molecule has 0 bridgehead atoms. The second-order valence-electron chi connectivity index (χ2n) is 9.79. The number of nitrogens with zero attached hydrogens (tertiary/aromatic N) is 4. The van der Waals surface area contributed by atoms with Crippen molar-refractivity contribution in [3.05, 3.63) is 150 Å². The number of pyridine rings is 4. The molecule has 0 aliphatic rings. The zero-order valence-corrected chi connectivity index (χ0v) is 32.0. The molecule has 0 radical (unpaired) electrons. The molecule has 14 heteroatoms. The van der Waals surface area contributed by atoms with Gasteiger partial charge in [0.05, 0.1) is 22.8 Å². The van der Waals surface area contributed by atoms with Crippen LogP contribution in [0.2, 0.25) is 0 Å². The molecule has 0 spiro atoms. The molecular weight excluding hydrogens is 808 g/mol. The molecule has 0 aliphatic heterocycles. The second kappa shape index (κ2) is 44.9. The molecule has 0 aliphatic carbocycles.